The molecule has 3 atom stereocenters. The van der Waals surface area contributed by atoms with Crippen LogP contribution < -0.4 is 0 Å². The summed E-state index contributed by atoms with van der Waals surface area (Å²) in [4.78, 5) is 0. The zero-order chi connectivity index (χ0) is 12.7. The molecule has 18 heavy (non-hydrogen) atoms. The third-order valence-corrected chi connectivity index (χ3v) is 3.48. The maximum atomic E-state index is 13.5. The molecule has 1 aliphatic heterocycles. The molecule has 3 nitrogen and oxygen atoms in total. The van der Waals surface area contributed by atoms with Gasteiger partial charge in [0.2, 0.25) is 0 Å². The highest BCUT2D eigenvalue weighted by Crippen LogP contribution is 2.34. The van der Waals surface area contributed by atoms with Gasteiger partial charge in [0.1, 0.15) is 11.9 Å². The number of aliphatic hydroxyl groups excluding tert-OH is 1. The van der Waals surface area contributed by atoms with Crippen molar-refractivity contribution in [1.82, 2.24) is 0 Å². The fraction of sp³-hybridized carbons (Fsp3) is 0.429. The number of furan rings is 1. The summed E-state index contributed by atoms with van der Waals surface area (Å²) >= 11 is 0. The van der Waals surface area contributed by atoms with E-state index in [0.717, 1.165) is 6.42 Å². The molecule has 1 aromatic carbocycles. The van der Waals surface area contributed by atoms with Gasteiger partial charge in [-0.15, -0.1) is 0 Å². The molecule has 3 rings (SSSR count). The summed E-state index contributed by atoms with van der Waals surface area (Å²) in [5.41, 5.74) is 0.207. The van der Waals surface area contributed by atoms with Crippen molar-refractivity contribution in [2.24, 2.45) is 5.92 Å². The van der Waals surface area contributed by atoms with Crippen LogP contribution in [0.2, 0.25) is 0 Å². The molecular weight excluding hydrogens is 235 g/mol. The summed E-state index contributed by atoms with van der Waals surface area (Å²) in [6.07, 6.45) is 0.216. The Labute approximate surface area is 104 Å². The number of benzene rings is 1. The van der Waals surface area contributed by atoms with E-state index in [2.05, 4.69) is 0 Å². The van der Waals surface area contributed by atoms with Crippen molar-refractivity contribution in [2.45, 2.75) is 25.6 Å². The summed E-state index contributed by atoms with van der Waals surface area (Å²) in [5.74, 6) is 0.0309. The smallest absolute Gasteiger partial charge is 0.170 e. The maximum Gasteiger partial charge on any atom is 0.170 e. The molecule has 2 heterocycles. The van der Waals surface area contributed by atoms with Gasteiger partial charge in [-0.05, 0) is 25.5 Å². The van der Waals surface area contributed by atoms with Crippen LogP contribution in [-0.2, 0) is 4.74 Å². The lowest BCUT2D eigenvalue weighted by Gasteiger charge is -2.13. The van der Waals surface area contributed by atoms with E-state index in [9.17, 15) is 9.50 Å². The first kappa shape index (κ1) is 11.7. The molecule has 0 amide bonds. The second kappa shape index (κ2) is 4.37. The lowest BCUT2D eigenvalue weighted by atomic mass is 9.97. The number of aliphatic hydroxyl groups is 1. The van der Waals surface area contributed by atoms with Crippen molar-refractivity contribution in [3.63, 3.8) is 0 Å². The third kappa shape index (κ3) is 1.91. The lowest BCUT2D eigenvalue weighted by Crippen LogP contribution is -2.11. The Kier molecular flexibility index (Phi) is 2.84. The van der Waals surface area contributed by atoms with Crippen LogP contribution in [-0.4, -0.2) is 17.8 Å². The van der Waals surface area contributed by atoms with Gasteiger partial charge in [0, 0.05) is 11.3 Å². The lowest BCUT2D eigenvalue weighted by molar-refractivity contribution is 0.0680. The van der Waals surface area contributed by atoms with Crippen molar-refractivity contribution in [3.05, 3.63) is 35.8 Å². The number of halogens is 1. The number of para-hydroxylation sites is 1. The minimum absolute atomic E-state index is 0.0172. The van der Waals surface area contributed by atoms with Gasteiger partial charge < -0.3 is 14.3 Å². The molecule has 1 fully saturated rings. The number of ether oxygens (including phenoxy) is 1. The third-order valence-electron chi connectivity index (χ3n) is 3.48. The first-order valence-corrected chi connectivity index (χ1v) is 6.13. The zero-order valence-corrected chi connectivity index (χ0v) is 10.1. The first-order chi connectivity index (χ1) is 8.65. The van der Waals surface area contributed by atoms with Crippen LogP contribution in [0.15, 0.2) is 28.7 Å². The minimum atomic E-state index is -0.734. The normalized spacial score (nSPS) is 25.7. The molecule has 96 valence electrons. The van der Waals surface area contributed by atoms with E-state index in [0.29, 0.717) is 17.8 Å². The molecular formula is C14H15FO3. The molecule has 1 aliphatic rings. The van der Waals surface area contributed by atoms with Crippen molar-refractivity contribution in [3.8, 4) is 0 Å². The van der Waals surface area contributed by atoms with E-state index < -0.39 is 11.9 Å². The van der Waals surface area contributed by atoms with E-state index in [1.807, 2.05) is 6.92 Å². The fourth-order valence-corrected chi connectivity index (χ4v) is 2.50. The number of hydrogen-bond donors (Lipinski definition) is 1. The first-order valence-electron chi connectivity index (χ1n) is 6.13. The molecule has 0 bridgehead atoms. The Balaban J connectivity index is 1.92. The molecule has 1 aromatic heterocycles. The quantitative estimate of drug-likeness (QED) is 0.890. The highest BCUT2D eigenvalue weighted by molar-refractivity contribution is 5.78. The largest absolute Gasteiger partial charge is 0.455 e. The van der Waals surface area contributed by atoms with Gasteiger partial charge in [0.15, 0.2) is 11.4 Å². The molecule has 0 spiro atoms. The number of rotatable bonds is 2. The van der Waals surface area contributed by atoms with E-state index in [1.54, 1.807) is 18.2 Å². The molecule has 0 aliphatic carbocycles. The number of hydrogen-bond acceptors (Lipinski definition) is 3. The predicted molar refractivity (Wildman–Crippen MR) is 64.7 cm³/mol. The molecule has 0 radical (unpaired) electrons. The average molecular weight is 250 g/mol. The van der Waals surface area contributed by atoms with Crippen LogP contribution in [0.3, 0.4) is 0 Å². The topological polar surface area (TPSA) is 42.6 Å². The molecule has 1 N–H and O–H groups in total. The maximum absolute atomic E-state index is 13.5. The van der Waals surface area contributed by atoms with Gasteiger partial charge in [-0.1, -0.05) is 12.1 Å². The van der Waals surface area contributed by atoms with E-state index in [-0.39, 0.29) is 17.6 Å². The number of fused-ring (bicyclic) bond motifs is 1. The average Bonchev–Trinajstić information content (AvgIpc) is 2.95. The van der Waals surface area contributed by atoms with Gasteiger partial charge in [-0.2, -0.15) is 0 Å². The van der Waals surface area contributed by atoms with E-state index in [1.165, 1.54) is 6.07 Å². The predicted octanol–water partition coefficient (Wildman–Crippen LogP) is 3.03. The van der Waals surface area contributed by atoms with Crippen LogP contribution in [0.5, 0.6) is 0 Å². The zero-order valence-electron chi connectivity index (χ0n) is 10.1. The van der Waals surface area contributed by atoms with Crippen LogP contribution >= 0.6 is 0 Å². The second-order valence-corrected chi connectivity index (χ2v) is 4.89. The summed E-state index contributed by atoms with van der Waals surface area (Å²) in [5, 5.41) is 10.9. The Bertz CT molecular complexity index is 563. The Hall–Kier alpha value is -1.39. The highest BCUT2D eigenvalue weighted by atomic mass is 19.1. The van der Waals surface area contributed by atoms with Crippen LogP contribution in [0, 0.1) is 11.7 Å². The Morgan fingerprint density at radius 1 is 1.44 bits per heavy atom. The van der Waals surface area contributed by atoms with Crippen LogP contribution in [0.25, 0.3) is 11.0 Å². The summed E-state index contributed by atoms with van der Waals surface area (Å²) in [6, 6.07) is 6.45. The fourth-order valence-electron chi connectivity index (χ4n) is 2.50. The Morgan fingerprint density at radius 3 is 2.94 bits per heavy atom. The monoisotopic (exact) mass is 250 g/mol. The summed E-state index contributed by atoms with van der Waals surface area (Å²) in [6.45, 7) is 2.49. The Morgan fingerprint density at radius 2 is 2.28 bits per heavy atom. The van der Waals surface area contributed by atoms with E-state index >= 15 is 0 Å². The molecule has 3 unspecified atom stereocenters. The van der Waals surface area contributed by atoms with Gasteiger partial charge in [-0.3, -0.25) is 0 Å². The van der Waals surface area contributed by atoms with Crippen LogP contribution in [0.1, 0.15) is 25.2 Å². The second-order valence-electron chi connectivity index (χ2n) is 4.89. The van der Waals surface area contributed by atoms with E-state index in [4.69, 9.17) is 9.15 Å². The standard InChI is InChI=1S/C14H15FO3/c1-8-5-10(7-17-8)13(16)12-6-9-3-2-4-11(15)14(9)18-12/h2-4,6,8,10,13,16H,5,7H2,1H3. The molecule has 1 saturated heterocycles. The van der Waals surface area contributed by atoms with Crippen molar-refractivity contribution in [2.75, 3.05) is 6.61 Å². The summed E-state index contributed by atoms with van der Waals surface area (Å²) < 4.78 is 24.4. The SMILES string of the molecule is CC1CC(C(O)c2cc3cccc(F)c3o2)CO1. The van der Waals surface area contributed by atoms with Crippen molar-refractivity contribution in [1.29, 1.82) is 0 Å². The van der Waals surface area contributed by atoms with Crippen molar-refractivity contribution < 1.29 is 18.7 Å². The minimum Gasteiger partial charge on any atom is -0.455 e. The van der Waals surface area contributed by atoms with Gasteiger partial charge >= 0.3 is 0 Å². The van der Waals surface area contributed by atoms with Crippen molar-refractivity contribution >= 4 is 11.0 Å². The van der Waals surface area contributed by atoms with Crippen LogP contribution in [0.4, 0.5) is 4.39 Å². The molecule has 2 aromatic rings. The van der Waals surface area contributed by atoms with Gasteiger partial charge in [-0.25, -0.2) is 4.39 Å². The molecule has 0 saturated carbocycles. The highest BCUT2D eigenvalue weighted by Gasteiger charge is 2.31. The molecule has 4 heteroatoms. The van der Waals surface area contributed by atoms with Gasteiger partial charge in [0.25, 0.3) is 0 Å². The van der Waals surface area contributed by atoms with Gasteiger partial charge in [0.05, 0.1) is 12.7 Å². The summed E-state index contributed by atoms with van der Waals surface area (Å²) in [7, 11) is 0.